The third kappa shape index (κ3) is 4.68. The van der Waals surface area contributed by atoms with Gasteiger partial charge >= 0.3 is 5.97 Å². The van der Waals surface area contributed by atoms with Crippen LogP contribution in [0.25, 0.3) is 0 Å². The number of nitrogens with one attached hydrogen (secondary N) is 1. The van der Waals surface area contributed by atoms with Gasteiger partial charge in [-0.25, -0.2) is 4.79 Å². The molecule has 2 unspecified atom stereocenters. The lowest BCUT2D eigenvalue weighted by atomic mass is 10.1. The quantitative estimate of drug-likeness (QED) is 0.734. The van der Waals surface area contributed by atoms with E-state index in [-0.39, 0.29) is 11.3 Å². The van der Waals surface area contributed by atoms with Gasteiger partial charge in [-0.05, 0) is 43.3 Å². The third-order valence-corrected chi connectivity index (χ3v) is 3.53. The van der Waals surface area contributed by atoms with Gasteiger partial charge in [-0.3, -0.25) is 9.59 Å². The van der Waals surface area contributed by atoms with E-state index in [2.05, 4.69) is 5.32 Å². The molecule has 0 aliphatic rings. The van der Waals surface area contributed by atoms with Crippen LogP contribution in [0.1, 0.15) is 22.8 Å². The van der Waals surface area contributed by atoms with Gasteiger partial charge in [-0.15, -0.1) is 0 Å². The van der Waals surface area contributed by atoms with Crippen LogP contribution in [0.2, 0.25) is 0 Å². The second-order valence-electron chi connectivity index (χ2n) is 5.44. The van der Waals surface area contributed by atoms with Crippen molar-refractivity contribution < 1.29 is 24.2 Å². The summed E-state index contributed by atoms with van der Waals surface area (Å²) in [6, 6.07) is 14.8. The molecule has 2 rings (SSSR count). The van der Waals surface area contributed by atoms with Gasteiger partial charge in [-0.1, -0.05) is 18.2 Å². The molecular weight excluding hydrogens is 336 g/mol. The molecule has 0 spiro atoms. The summed E-state index contributed by atoms with van der Waals surface area (Å²) in [6.07, 6.45) is -1.74. The van der Waals surface area contributed by atoms with Crippen molar-refractivity contribution in [2.45, 2.75) is 19.1 Å². The molecule has 7 nitrogen and oxygen atoms in total. The molecule has 0 aromatic heterocycles. The van der Waals surface area contributed by atoms with Gasteiger partial charge in [0.2, 0.25) is 5.78 Å². The molecular formula is C19H16N2O5. The predicted molar refractivity (Wildman–Crippen MR) is 91.6 cm³/mol. The van der Waals surface area contributed by atoms with E-state index in [1.807, 2.05) is 6.07 Å². The minimum atomic E-state index is -1.74. The Kier molecular flexibility index (Phi) is 6.06. The normalized spacial score (nSPS) is 12.3. The van der Waals surface area contributed by atoms with Gasteiger partial charge < -0.3 is 15.2 Å². The molecule has 2 aromatic rings. The first-order valence-corrected chi connectivity index (χ1v) is 7.71. The fraction of sp³-hybridized carbons (Fsp3) is 0.158. The van der Waals surface area contributed by atoms with E-state index < -0.39 is 29.8 Å². The topological polar surface area (TPSA) is 116 Å². The van der Waals surface area contributed by atoms with Crippen LogP contribution in [0.15, 0.2) is 54.6 Å². The second kappa shape index (κ2) is 8.44. The number of aliphatic carboxylic acids is 1. The van der Waals surface area contributed by atoms with E-state index in [4.69, 9.17) is 10.00 Å². The zero-order chi connectivity index (χ0) is 19.1. The van der Waals surface area contributed by atoms with Gasteiger partial charge in [-0.2, -0.15) is 5.26 Å². The number of carbonyl (C=O) groups excluding carboxylic acids is 2. The predicted octanol–water partition coefficient (Wildman–Crippen LogP) is 1.78. The number of hydrogen-bond acceptors (Lipinski definition) is 5. The molecule has 1 amide bonds. The number of carbonyl (C=O) groups is 3. The van der Waals surface area contributed by atoms with E-state index in [0.717, 1.165) is 0 Å². The number of benzene rings is 2. The highest BCUT2D eigenvalue weighted by molar-refractivity contribution is 6.06. The van der Waals surface area contributed by atoms with Crippen LogP contribution in [0.5, 0.6) is 5.75 Å². The lowest BCUT2D eigenvalue weighted by molar-refractivity contribution is -0.150. The standard InChI is InChI=1S/C19H16N2O5/c1-12(21-18(23)14-9-7-13(11-20)8-10-14)16(22)17(19(24)25)26-15-5-3-2-4-6-15/h2-10,12,17H,1H3,(H,21,23)(H,24,25). The minimum absolute atomic E-state index is 0.235. The van der Waals surface area contributed by atoms with E-state index >= 15 is 0 Å². The molecule has 2 atom stereocenters. The molecule has 7 heteroatoms. The van der Waals surface area contributed by atoms with Crippen LogP contribution >= 0.6 is 0 Å². The Labute approximate surface area is 149 Å². The average Bonchev–Trinajstić information content (AvgIpc) is 2.66. The Balaban J connectivity index is 2.06. The maximum Gasteiger partial charge on any atom is 0.352 e. The molecule has 26 heavy (non-hydrogen) atoms. The van der Waals surface area contributed by atoms with Crippen LogP contribution in [-0.4, -0.2) is 34.9 Å². The number of rotatable bonds is 7. The molecule has 0 fully saturated rings. The summed E-state index contributed by atoms with van der Waals surface area (Å²) >= 11 is 0. The number of ketones is 1. The minimum Gasteiger partial charge on any atom is -0.478 e. The second-order valence-corrected chi connectivity index (χ2v) is 5.44. The number of nitrogens with zero attached hydrogens (tertiary/aromatic N) is 1. The maximum absolute atomic E-state index is 12.4. The summed E-state index contributed by atoms with van der Waals surface area (Å²) in [5.74, 6) is -2.56. The number of nitriles is 1. The Hall–Kier alpha value is -3.66. The van der Waals surface area contributed by atoms with Crippen molar-refractivity contribution in [1.29, 1.82) is 5.26 Å². The van der Waals surface area contributed by atoms with Crippen molar-refractivity contribution in [3.63, 3.8) is 0 Å². The molecule has 0 heterocycles. The van der Waals surface area contributed by atoms with Crippen molar-refractivity contribution >= 4 is 17.7 Å². The fourth-order valence-electron chi connectivity index (χ4n) is 2.14. The Bertz CT molecular complexity index is 840. The molecule has 0 bridgehead atoms. The van der Waals surface area contributed by atoms with Gasteiger partial charge in [0.1, 0.15) is 5.75 Å². The number of carboxylic acid groups (broad SMARTS) is 1. The van der Waals surface area contributed by atoms with Crippen LogP contribution in [0, 0.1) is 11.3 Å². The smallest absolute Gasteiger partial charge is 0.352 e. The van der Waals surface area contributed by atoms with E-state index in [0.29, 0.717) is 5.56 Å². The zero-order valence-corrected chi connectivity index (χ0v) is 13.9. The molecule has 0 aliphatic heterocycles. The molecule has 132 valence electrons. The lowest BCUT2D eigenvalue weighted by Gasteiger charge is -2.19. The van der Waals surface area contributed by atoms with E-state index in [1.165, 1.54) is 43.3 Å². The van der Waals surface area contributed by atoms with E-state index in [1.54, 1.807) is 18.2 Å². The van der Waals surface area contributed by atoms with Crippen LogP contribution < -0.4 is 10.1 Å². The first-order valence-electron chi connectivity index (χ1n) is 7.71. The maximum atomic E-state index is 12.4. The molecule has 2 N–H and O–H groups in total. The van der Waals surface area contributed by atoms with Gasteiger partial charge in [0, 0.05) is 5.56 Å². The largest absolute Gasteiger partial charge is 0.478 e. The Morgan fingerprint density at radius 2 is 1.69 bits per heavy atom. The summed E-state index contributed by atoms with van der Waals surface area (Å²) < 4.78 is 5.24. The number of Topliss-reactive ketones (excluding diaryl/α,β-unsaturated/α-hetero) is 1. The SMILES string of the molecule is CC(NC(=O)c1ccc(C#N)cc1)C(=O)C(Oc1ccccc1)C(=O)O. The summed E-state index contributed by atoms with van der Waals surface area (Å²) in [5, 5.41) is 20.5. The summed E-state index contributed by atoms with van der Waals surface area (Å²) in [7, 11) is 0. The van der Waals surface area contributed by atoms with Crippen LogP contribution in [0.3, 0.4) is 0 Å². The summed E-state index contributed by atoms with van der Waals surface area (Å²) in [4.78, 5) is 36.0. The van der Waals surface area contributed by atoms with Crippen LogP contribution in [0.4, 0.5) is 0 Å². The number of hydrogen-bond donors (Lipinski definition) is 2. The molecule has 0 saturated carbocycles. The number of carboxylic acids is 1. The van der Waals surface area contributed by atoms with Gasteiger partial charge in [0.25, 0.3) is 12.0 Å². The Morgan fingerprint density at radius 3 is 2.23 bits per heavy atom. The zero-order valence-electron chi connectivity index (χ0n) is 13.9. The van der Waals surface area contributed by atoms with Crippen molar-refractivity contribution in [2.75, 3.05) is 0 Å². The average molecular weight is 352 g/mol. The number of ether oxygens (including phenoxy) is 1. The molecule has 0 aliphatic carbocycles. The lowest BCUT2D eigenvalue weighted by Crippen LogP contribution is -2.48. The molecule has 0 radical (unpaired) electrons. The Morgan fingerprint density at radius 1 is 1.08 bits per heavy atom. The highest BCUT2D eigenvalue weighted by atomic mass is 16.5. The van der Waals surface area contributed by atoms with Gasteiger partial charge in [0.05, 0.1) is 17.7 Å². The molecule has 0 saturated heterocycles. The number of amides is 1. The highest BCUT2D eigenvalue weighted by Crippen LogP contribution is 2.13. The van der Waals surface area contributed by atoms with E-state index in [9.17, 15) is 19.5 Å². The van der Waals surface area contributed by atoms with Crippen molar-refractivity contribution in [3.8, 4) is 11.8 Å². The third-order valence-electron chi connectivity index (χ3n) is 3.53. The first-order chi connectivity index (χ1) is 12.4. The highest BCUT2D eigenvalue weighted by Gasteiger charge is 2.33. The van der Waals surface area contributed by atoms with Crippen molar-refractivity contribution in [2.24, 2.45) is 0 Å². The summed E-state index contributed by atoms with van der Waals surface area (Å²) in [5.41, 5.74) is 0.646. The first kappa shape index (κ1) is 18.7. The molecule has 2 aromatic carbocycles. The van der Waals surface area contributed by atoms with Crippen molar-refractivity contribution in [1.82, 2.24) is 5.32 Å². The van der Waals surface area contributed by atoms with Crippen molar-refractivity contribution in [3.05, 3.63) is 65.7 Å². The van der Waals surface area contributed by atoms with Crippen LogP contribution in [-0.2, 0) is 9.59 Å². The summed E-state index contributed by atoms with van der Waals surface area (Å²) in [6.45, 7) is 1.38. The monoisotopic (exact) mass is 352 g/mol. The van der Waals surface area contributed by atoms with Gasteiger partial charge in [0.15, 0.2) is 0 Å². The fourth-order valence-corrected chi connectivity index (χ4v) is 2.14. The number of para-hydroxylation sites is 1.